The lowest BCUT2D eigenvalue weighted by molar-refractivity contribution is 0.753. The molecule has 2 aromatic carbocycles. The van der Waals surface area contributed by atoms with Crippen LogP contribution in [-0.4, -0.2) is 28.8 Å². The Kier molecular flexibility index (Phi) is 3.83. The Morgan fingerprint density at radius 2 is 1.79 bits per heavy atom. The number of aryl methyl sites for hydroxylation is 1. The van der Waals surface area contributed by atoms with Crippen LogP contribution in [0, 0.1) is 0 Å². The summed E-state index contributed by atoms with van der Waals surface area (Å²) in [5.74, 6) is 1.44. The summed E-state index contributed by atoms with van der Waals surface area (Å²) in [6.45, 7) is 0.949. The van der Waals surface area contributed by atoms with Crippen LogP contribution in [0.1, 0.15) is 12.0 Å². The summed E-state index contributed by atoms with van der Waals surface area (Å²) in [6, 6.07) is 18.6. The van der Waals surface area contributed by atoms with Crippen LogP contribution in [0.5, 0.6) is 0 Å². The van der Waals surface area contributed by atoms with E-state index in [1.165, 1.54) is 11.3 Å². The molecule has 0 amide bonds. The molecule has 0 bridgehead atoms. The Hall–Kier alpha value is -2.95. The first-order valence-corrected chi connectivity index (χ1v) is 8.17. The third-order valence-electron chi connectivity index (χ3n) is 4.37. The standard InChI is InChI=1S/C19H19N5/c1-23(16-10-3-2-4-11-16)19-21-18(14-20-22-19)24-13-7-9-15-8-5-6-12-17(15)24/h2-6,8,10-12,14H,7,9,13H2,1H3. The second kappa shape index (κ2) is 6.28. The van der Waals surface area contributed by atoms with Crippen molar-refractivity contribution in [2.75, 3.05) is 23.4 Å². The van der Waals surface area contributed by atoms with Crippen LogP contribution in [0.2, 0.25) is 0 Å². The fourth-order valence-corrected chi connectivity index (χ4v) is 3.10. The number of fused-ring (bicyclic) bond motifs is 1. The SMILES string of the molecule is CN(c1ccccc1)c1nncc(N2CCCc3ccccc32)n1. The quantitative estimate of drug-likeness (QED) is 0.736. The number of para-hydroxylation sites is 2. The van der Waals surface area contributed by atoms with Gasteiger partial charge in [-0.3, -0.25) is 0 Å². The summed E-state index contributed by atoms with van der Waals surface area (Å²) in [7, 11) is 1.96. The lowest BCUT2D eigenvalue weighted by Gasteiger charge is -2.30. The molecule has 0 spiro atoms. The number of nitrogens with zero attached hydrogens (tertiary/aromatic N) is 5. The summed E-state index contributed by atoms with van der Waals surface area (Å²) in [5.41, 5.74) is 3.62. The molecule has 2 heterocycles. The summed E-state index contributed by atoms with van der Waals surface area (Å²) >= 11 is 0. The van der Waals surface area contributed by atoms with E-state index >= 15 is 0 Å². The molecule has 4 rings (SSSR count). The first-order valence-electron chi connectivity index (χ1n) is 8.17. The fourth-order valence-electron chi connectivity index (χ4n) is 3.10. The molecule has 0 fully saturated rings. The van der Waals surface area contributed by atoms with Crippen molar-refractivity contribution >= 4 is 23.1 Å². The van der Waals surface area contributed by atoms with Gasteiger partial charge >= 0.3 is 0 Å². The first-order chi connectivity index (χ1) is 11.8. The Morgan fingerprint density at radius 3 is 2.67 bits per heavy atom. The van der Waals surface area contributed by atoms with Gasteiger partial charge in [-0.05, 0) is 36.6 Å². The van der Waals surface area contributed by atoms with Crippen molar-refractivity contribution < 1.29 is 0 Å². The van der Waals surface area contributed by atoms with E-state index in [1.54, 1.807) is 6.20 Å². The molecule has 5 nitrogen and oxygen atoms in total. The van der Waals surface area contributed by atoms with Crippen molar-refractivity contribution in [3.63, 3.8) is 0 Å². The van der Waals surface area contributed by atoms with Gasteiger partial charge in [-0.1, -0.05) is 36.4 Å². The zero-order valence-corrected chi connectivity index (χ0v) is 13.6. The maximum atomic E-state index is 4.75. The number of anilines is 4. The van der Waals surface area contributed by atoms with E-state index < -0.39 is 0 Å². The van der Waals surface area contributed by atoms with Crippen molar-refractivity contribution in [3.8, 4) is 0 Å². The zero-order chi connectivity index (χ0) is 16.4. The zero-order valence-electron chi connectivity index (χ0n) is 13.6. The Balaban J connectivity index is 1.69. The number of hydrogen-bond acceptors (Lipinski definition) is 5. The largest absolute Gasteiger partial charge is 0.325 e. The van der Waals surface area contributed by atoms with Crippen molar-refractivity contribution in [1.29, 1.82) is 0 Å². The van der Waals surface area contributed by atoms with Crippen LogP contribution in [0.25, 0.3) is 0 Å². The Bertz CT molecular complexity index is 834. The van der Waals surface area contributed by atoms with Gasteiger partial charge in [0.2, 0.25) is 0 Å². The van der Waals surface area contributed by atoms with E-state index in [-0.39, 0.29) is 0 Å². The second-order valence-electron chi connectivity index (χ2n) is 5.89. The minimum Gasteiger partial charge on any atom is -0.325 e. The number of hydrogen-bond donors (Lipinski definition) is 0. The van der Waals surface area contributed by atoms with E-state index in [0.29, 0.717) is 5.95 Å². The van der Waals surface area contributed by atoms with Crippen LogP contribution in [0.4, 0.5) is 23.1 Å². The predicted molar refractivity (Wildman–Crippen MR) is 96.1 cm³/mol. The molecule has 0 unspecified atom stereocenters. The summed E-state index contributed by atoms with van der Waals surface area (Å²) < 4.78 is 0. The van der Waals surface area contributed by atoms with E-state index in [0.717, 1.165) is 30.9 Å². The Morgan fingerprint density at radius 1 is 1.00 bits per heavy atom. The molecular formula is C19H19N5. The van der Waals surface area contributed by atoms with E-state index in [4.69, 9.17) is 4.98 Å². The summed E-state index contributed by atoms with van der Waals surface area (Å²) in [4.78, 5) is 8.93. The number of benzene rings is 2. The molecule has 0 radical (unpaired) electrons. The van der Waals surface area contributed by atoms with Crippen LogP contribution in [-0.2, 0) is 6.42 Å². The molecule has 0 N–H and O–H groups in total. The summed E-state index contributed by atoms with van der Waals surface area (Å²) in [5, 5.41) is 8.39. The highest BCUT2D eigenvalue weighted by molar-refractivity contribution is 5.66. The minimum atomic E-state index is 0.599. The van der Waals surface area contributed by atoms with Crippen molar-refractivity contribution in [3.05, 3.63) is 66.4 Å². The second-order valence-corrected chi connectivity index (χ2v) is 5.89. The molecule has 1 aromatic heterocycles. The highest BCUT2D eigenvalue weighted by Gasteiger charge is 2.20. The van der Waals surface area contributed by atoms with Gasteiger partial charge in [-0.15, -0.1) is 5.10 Å². The highest BCUT2D eigenvalue weighted by atomic mass is 15.3. The number of aromatic nitrogens is 3. The van der Waals surface area contributed by atoms with E-state index in [1.807, 2.05) is 42.3 Å². The lowest BCUT2D eigenvalue weighted by Crippen LogP contribution is -2.26. The van der Waals surface area contributed by atoms with Gasteiger partial charge in [0.25, 0.3) is 5.95 Å². The molecule has 5 heteroatoms. The molecular weight excluding hydrogens is 298 g/mol. The monoisotopic (exact) mass is 317 g/mol. The topological polar surface area (TPSA) is 45.2 Å². The van der Waals surface area contributed by atoms with Crippen LogP contribution in [0.15, 0.2) is 60.8 Å². The van der Waals surface area contributed by atoms with Gasteiger partial charge < -0.3 is 9.80 Å². The third-order valence-corrected chi connectivity index (χ3v) is 4.37. The smallest absolute Gasteiger partial charge is 0.251 e. The summed E-state index contributed by atoms with van der Waals surface area (Å²) in [6.07, 6.45) is 3.97. The molecule has 24 heavy (non-hydrogen) atoms. The molecule has 1 aliphatic rings. The van der Waals surface area contributed by atoms with Gasteiger partial charge in [0.05, 0.1) is 6.20 Å². The molecule has 3 aromatic rings. The predicted octanol–water partition coefficient (Wildman–Crippen LogP) is 3.72. The van der Waals surface area contributed by atoms with Crippen LogP contribution < -0.4 is 9.80 Å². The van der Waals surface area contributed by atoms with E-state index in [2.05, 4.69) is 39.4 Å². The highest BCUT2D eigenvalue weighted by Crippen LogP contribution is 2.32. The molecule has 1 aliphatic heterocycles. The van der Waals surface area contributed by atoms with Crippen LogP contribution >= 0.6 is 0 Å². The normalized spacial score (nSPS) is 13.5. The maximum absolute atomic E-state index is 4.75. The average Bonchev–Trinajstić information content (AvgIpc) is 2.68. The number of rotatable bonds is 3. The van der Waals surface area contributed by atoms with Crippen molar-refractivity contribution in [1.82, 2.24) is 15.2 Å². The Labute approximate surface area is 141 Å². The first kappa shape index (κ1) is 14.6. The van der Waals surface area contributed by atoms with Crippen molar-refractivity contribution in [2.24, 2.45) is 0 Å². The fraction of sp³-hybridized carbons (Fsp3) is 0.211. The molecule has 0 saturated carbocycles. The molecule has 0 aliphatic carbocycles. The molecule has 0 atom stereocenters. The van der Waals surface area contributed by atoms with Gasteiger partial charge in [0, 0.05) is 25.0 Å². The minimum absolute atomic E-state index is 0.599. The van der Waals surface area contributed by atoms with Crippen LogP contribution in [0.3, 0.4) is 0 Å². The molecule has 0 saturated heterocycles. The van der Waals surface area contributed by atoms with E-state index in [9.17, 15) is 0 Å². The van der Waals surface area contributed by atoms with Gasteiger partial charge in [-0.2, -0.15) is 10.1 Å². The lowest BCUT2D eigenvalue weighted by atomic mass is 10.0. The third kappa shape index (κ3) is 2.69. The average molecular weight is 317 g/mol. The van der Waals surface area contributed by atoms with Gasteiger partial charge in [-0.25, -0.2) is 0 Å². The van der Waals surface area contributed by atoms with Gasteiger partial charge in [0.15, 0.2) is 5.82 Å². The van der Waals surface area contributed by atoms with Gasteiger partial charge in [0.1, 0.15) is 0 Å². The maximum Gasteiger partial charge on any atom is 0.251 e. The van der Waals surface area contributed by atoms with Crippen molar-refractivity contribution in [2.45, 2.75) is 12.8 Å². The molecule has 120 valence electrons.